The third kappa shape index (κ3) is 5.98. The normalized spacial score (nSPS) is 14.3. The Morgan fingerprint density at radius 2 is 1.87 bits per heavy atom. The van der Waals surface area contributed by atoms with Gasteiger partial charge in [0.2, 0.25) is 5.91 Å². The van der Waals surface area contributed by atoms with E-state index in [0.29, 0.717) is 24.5 Å². The van der Waals surface area contributed by atoms with Gasteiger partial charge in [-0.1, -0.05) is 6.42 Å². The highest BCUT2D eigenvalue weighted by Gasteiger charge is 2.17. The molecule has 1 aliphatic heterocycles. The third-order valence-corrected chi connectivity index (χ3v) is 5.96. The molecule has 11 nitrogen and oxygen atoms in total. The minimum absolute atomic E-state index is 0.0207. The zero-order chi connectivity index (χ0) is 22.4. The maximum Gasteiger partial charge on any atom is 0.285 e. The molecule has 0 bridgehead atoms. The SMILES string of the molecule is O=C(Cn1cc([N+](=O)[O-])ccc1=O)Nc1ccc(S(=O)(=O)NC2=NCCCCC2)cc1. The number of hydrogen-bond acceptors (Lipinski definition) is 7. The van der Waals surface area contributed by atoms with Crippen LogP contribution in [0.5, 0.6) is 0 Å². The summed E-state index contributed by atoms with van der Waals surface area (Å²) in [5, 5.41) is 13.4. The lowest BCUT2D eigenvalue weighted by molar-refractivity contribution is -0.385. The topological polar surface area (TPSA) is 153 Å². The van der Waals surface area contributed by atoms with E-state index >= 15 is 0 Å². The summed E-state index contributed by atoms with van der Waals surface area (Å²) in [7, 11) is -3.79. The molecule has 0 saturated heterocycles. The largest absolute Gasteiger partial charge is 0.325 e. The molecule has 1 aromatic carbocycles. The first-order valence-corrected chi connectivity index (χ1v) is 11.0. The number of aliphatic imine (C=N–C) groups is 1. The van der Waals surface area contributed by atoms with Crippen molar-refractivity contribution in [1.82, 2.24) is 9.29 Å². The summed E-state index contributed by atoms with van der Waals surface area (Å²) in [4.78, 5) is 38.4. The van der Waals surface area contributed by atoms with Crippen molar-refractivity contribution in [2.75, 3.05) is 11.9 Å². The van der Waals surface area contributed by atoms with E-state index in [1.54, 1.807) is 0 Å². The molecule has 0 saturated carbocycles. The molecule has 1 aromatic heterocycles. The third-order valence-electron chi connectivity index (χ3n) is 4.57. The molecule has 3 rings (SSSR count). The van der Waals surface area contributed by atoms with Gasteiger partial charge in [0.05, 0.1) is 16.0 Å². The van der Waals surface area contributed by atoms with Crippen LogP contribution in [0.4, 0.5) is 11.4 Å². The minimum atomic E-state index is -3.79. The summed E-state index contributed by atoms with van der Waals surface area (Å²) >= 11 is 0. The summed E-state index contributed by atoms with van der Waals surface area (Å²) in [6.45, 7) is 0.165. The molecule has 0 unspecified atom stereocenters. The highest BCUT2D eigenvalue weighted by Crippen LogP contribution is 2.15. The van der Waals surface area contributed by atoms with Crippen LogP contribution in [-0.2, 0) is 21.4 Å². The number of nitrogens with zero attached hydrogens (tertiary/aromatic N) is 3. The lowest BCUT2D eigenvalue weighted by atomic mass is 10.2. The molecule has 12 heteroatoms. The maximum atomic E-state index is 12.5. The van der Waals surface area contributed by atoms with Crippen LogP contribution < -0.4 is 15.6 Å². The van der Waals surface area contributed by atoms with E-state index in [1.807, 2.05) is 0 Å². The summed E-state index contributed by atoms with van der Waals surface area (Å²) < 4.78 is 28.5. The maximum absolute atomic E-state index is 12.5. The second-order valence-electron chi connectivity index (χ2n) is 6.93. The molecule has 0 spiro atoms. The van der Waals surface area contributed by atoms with Crippen LogP contribution in [0.25, 0.3) is 0 Å². The Labute approximate surface area is 178 Å². The fourth-order valence-electron chi connectivity index (χ4n) is 2.99. The van der Waals surface area contributed by atoms with Crippen LogP contribution in [0.3, 0.4) is 0 Å². The van der Waals surface area contributed by atoms with Crippen molar-refractivity contribution in [2.45, 2.75) is 37.1 Å². The van der Waals surface area contributed by atoms with Gasteiger partial charge in [0.25, 0.3) is 21.3 Å². The molecule has 2 N–H and O–H groups in total. The molecule has 0 atom stereocenters. The van der Waals surface area contributed by atoms with Gasteiger partial charge >= 0.3 is 0 Å². The van der Waals surface area contributed by atoms with E-state index in [9.17, 15) is 28.1 Å². The lowest BCUT2D eigenvalue weighted by Crippen LogP contribution is -2.30. The number of carbonyl (C=O) groups excluding carboxylic acids is 1. The number of pyridine rings is 1. The van der Waals surface area contributed by atoms with Crippen LogP contribution in [0.1, 0.15) is 25.7 Å². The van der Waals surface area contributed by atoms with Crippen molar-refractivity contribution in [1.29, 1.82) is 0 Å². The second-order valence-corrected chi connectivity index (χ2v) is 8.61. The number of sulfonamides is 1. The fraction of sp³-hybridized carbons (Fsp3) is 0.316. The summed E-state index contributed by atoms with van der Waals surface area (Å²) in [5.41, 5.74) is -0.559. The predicted molar refractivity (Wildman–Crippen MR) is 114 cm³/mol. The number of hydrogen-bond donors (Lipinski definition) is 2. The number of amidine groups is 1. The lowest BCUT2D eigenvalue weighted by Gasteiger charge is -2.11. The highest BCUT2D eigenvalue weighted by atomic mass is 32.2. The molecule has 1 amide bonds. The van der Waals surface area contributed by atoms with Gasteiger partial charge < -0.3 is 5.32 Å². The average Bonchev–Trinajstić information content (AvgIpc) is 2.98. The van der Waals surface area contributed by atoms with Crippen LogP contribution in [-0.4, -0.2) is 36.2 Å². The zero-order valence-electron chi connectivity index (χ0n) is 16.5. The van der Waals surface area contributed by atoms with Crippen LogP contribution in [0, 0.1) is 10.1 Å². The van der Waals surface area contributed by atoms with Crippen molar-refractivity contribution < 1.29 is 18.1 Å². The molecule has 2 heterocycles. The predicted octanol–water partition coefficient (Wildman–Crippen LogP) is 1.65. The van der Waals surface area contributed by atoms with Gasteiger partial charge in [-0.2, -0.15) is 0 Å². The quantitative estimate of drug-likeness (QED) is 0.507. The summed E-state index contributed by atoms with van der Waals surface area (Å²) in [5.74, 6) is -0.151. The number of nitrogens with one attached hydrogen (secondary N) is 2. The monoisotopic (exact) mass is 447 g/mol. The van der Waals surface area contributed by atoms with Crippen molar-refractivity contribution in [3.63, 3.8) is 0 Å². The van der Waals surface area contributed by atoms with E-state index in [1.165, 1.54) is 24.3 Å². The van der Waals surface area contributed by atoms with E-state index in [4.69, 9.17) is 0 Å². The average molecular weight is 447 g/mol. The molecule has 164 valence electrons. The minimum Gasteiger partial charge on any atom is -0.325 e. The van der Waals surface area contributed by atoms with Crippen molar-refractivity contribution in [3.8, 4) is 0 Å². The molecule has 1 aliphatic rings. The van der Waals surface area contributed by atoms with Gasteiger partial charge in [0, 0.05) is 30.8 Å². The van der Waals surface area contributed by atoms with Gasteiger partial charge in [-0.3, -0.25) is 34.0 Å². The molecule has 0 aliphatic carbocycles. The number of anilines is 1. The Hall–Kier alpha value is -3.54. The molecular formula is C19H21N5O6S. The smallest absolute Gasteiger partial charge is 0.285 e. The fourth-order valence-corrected chi connectivity index (χ4v) is 4.08. The number of carbonyl (C=O) groups is 1. The molecule has 0 radical (unpaired) electrons. The highest BCUT2D eigenvalue weighted by molar-refractivity contribution is 7.90. The van der Waals surface area contributed by atoms with E-state index in [0.717, 1.165) is 42.2 Å². The van der Waals surface area contributed by atoms with Crippen LogP contribution in [0.15, 0.2) is 57.3 Å². The van der Waals surface area contributed by atoms with E-state index < -0.39 is 33.0 Å². The van der Waals surface area contributed by atoms with Crippen LogP contribution in [0.2, 0.25) is 0 Å². The van der Waals surface area contributed by atoms with Crippen molar-refractivity contribution >= 4 is 33.1 Å². The van der Waals surface area contributed by atoms with Gasteiger partial charge in [-0.15, -0.1) is 0 Å². The van der Waals surface area contributed by atoms with Crippen molar-refractivity contribution in [2.24, 2.45) is 4.99 Å². The molecule has 2 aromatic rings. The van der Waals surface area contributed by atoms with E-state index in [-0.39, 0.29) is 10.6 Å². The Morgan fingerprint density at radius 1 is 1.13 bits per heavy atom. The Morgan fingerprint density at radius 3 is 2.58 bits per heavy atom. The van der Waals surface area contributed by atoms with Gasteiger partial charge in [0.15, 0.2) is 0 Å². The Kier molecular flexibility index (Phi) is 6.80. The molecular weight excluding hydrogens is 426 g/mol. The number of amides is 1. The number of benzene rings is 1. The Balaban J connectivity index is 1.65. The summed E-state index contributed by atoms with van der Waals surface area (Å²) in [6.07, 6.45) is 4.37. The first-order valence-electron chi connectivity index (χ1n) is 9.55. The standard InChI is InChI=1S/C19H21N5O6S/c25-18(13-23-12-15(24(27)28)7-10-19(23)26)21-14-5-8-16(9-6-14)31(29,30)22-17-4-2-1-3-11-20-17/h5-10,12H,1-4,11,13H2,(H,20,22)(H,21,25). The van der Waals surface area contributed by atoms with Gasteiger partial charge in [0.1, 0.15) is 12.4 Å². The zero-order valence-corrected chi connectivity index (χ0v) is 17.3. The van der Waals surface area contributed by atoms with Crippen LogP contribution >= 0.6 is 0 Å². The number of nitro groups is 1. The second kappa shape index (κ2) is 9.51. The van der Waals surface area contributed by atoms with Gasteiger partial charge in [-0.25, -0.2) is 8.42 Å². The summed E-state index contributed by atoms with van der Waals surface area (Å²) in [6, 6.07) is 7.58. The van der Waals surface area contributed by atoms with E-state index in [2.05, 4.69) is 15.0 Å². The Bertz CT molecular complexity index is 1170. The molecule has 0 fully saturated rings. The first kappa shape index (κ1) is 22.2. The number of rotatable bonds is 6. The molecule has 31 heavy (non-hydrogen) atoms. The van der Waals surface area contributed by atoms with Crippen molar-refractivity contribution in [3.05, 3.63) is 63.1 Å². The number of aromatic nitrogens is 1. The van der Waals surface area contributed by atoms with Gasteiger partial charge in [-0.05, 0) is 37.1 Å². The first-order chi connectivity index (χ1) is 14.7.